The Morgan fingerprint density at radius 2 is 1.71 bits per heavy atom. The van der Waals surface area contributed by atoms with Crippen molar-refractivity contribution in [1.29, 1.82) is 0 Å². The molecule has 1 fully saturated rings. The van der Waals surface area contributed by atoms with Crippen LogP contribution in [0.15, 0.2) is 58.1 Å². The minimum Gasteiger partial charge on any atom is -0.493 e. The van der Waals surface area contributed by atoms with Gasteiger partial charge < -0.3 is 9.64 Å². The van der Waals surface area contributed by atoms with Crippen LogP contribution in [0.4, 0.5) is 11.5 Å². The van der Waals surface area contributed by atoms with E-state index < -0.39 is 10.7 Å². The number of carbonyl (C=O) groups is 1. The van der Waals surface area contributed by atoms with E-state index in [0.29, 0.717) is 31.9 Å². The van der Waals surface area contributed by atoms with Gasteiger partial charge in [-0.3, -0.25) is 33.7 Å². The highest BCUT2D eigenvalue weighted by atomic mass is 35.5. The molecule has 2 aromatic carbocycles. The van der Waals surface area contributed by atoms with Gasteiger partial charge in [0.1, 0.15) is 11.6 Å². The Bertz CT molecular complexity index is 1480. The zero-order valence-electron chi connectivity index (χ0n) is 21.1. The molecule has 0 saturated carbocycles. The number of hydrogen-bond donors (Lipinski definition) is 0. The molecule has 1 saturated heterocycles. The molecule has 0 atom stereocenters. The number of nitro groups is 1. The van der Waals surface area contributed by atoms with Crippen molar-refractivity contribution in [2.75, 3.05) is 44.2 Å². The molecule has 0 radical (unpaired) electrons. The second kappa shape index (κ2) is 11.6. The molecule has 1 aliphatic rings. The van der Waals surface area contributed by atoms with Crippen molar-refractivity contribution < 1.29 is 14.5 Å². The molecule has 38 heavy (non-hydrogen) atoms. The van der Waals surface area contributed by atoms with Gasteiger partial charge in [0, 0.05) is 70.6 Å². The molecule has 4 rings (SSSR count). The molecule has 0 N–H and O–H groups in total. The van der Waals surface area contributed by atoms with Crippen LogP contribution in [0.5, 0.6) is 5.75 Å². The van der Waals surface area contributed by atoms with E-state index in [2.05, 4.69) is 4.90 Å². The summed E-state index contributed by atoms with van der Waals surface area (Å²) in [6.07, 6.45) is 0.668. The summed E-state index contributed by atoms with van der Waals surface area (Å²) < 4.78 is 8.45. The first-order chi connectivity index (χ1) is 18.2. The van der Waals surface area contributed by atoms with E-state index in [4.69, 9.17) is 16.3 Å². The minimum absolute atomic E-state index is 0.0838. The van der Waals surface area contributed by atoms with Gasteiger partial charge in [-0.1, -0.05) is 23.7 Å². The summed E-state index contributed by atoms with van der Waals surface area (Å²) in [5.74, 6) is 0.419. The number of aromatic nitrogens is 2. The molecule has 0 unspecified atom stereocenters. The topological polar surface area (TPSA) is 120 Å². The van der Waals surface area contributed by atoms with E-state index in [1.54, 1.807) is 31.3 Å². The van der Waals surface area contributed by atoms with Crippen LogP contribution in [0.25, 0.3) is 0 Å². The zero-order chi connectivity index (χ0) is 27.4. The van der Waals surface area contributed by atoms with Crippen molar-refractivity contribution in [2.24, 2.45) is 14.1 Å². The number of nitro benzene ring substituents is 1. The molecule has 1 aliphatic heterocycles. The van der Waals surface area contributed by atoms with E-state index in [0.717, 1.165) is 24.2 Å². The lowest BCUT2D eigenvalue weighted by Gasteiger charge is -2.36. The number of ketones is 1. The molecule has 200 valence electrons. The molecule has 2 heterocycles. The molecule has 0 bridgehead atoms. The number of ether oxygens (including phenoxy) is 1. The lowest BCUT2D eigenvalue weighted by molar-refractivity contribution is -0.384. The largest absolute Gasteiger partial charge is 0.493 e. The van der Waals surface area contributed by atoms with E-state index in [9.17, 15) is 24.5 Å². The number of rotatable bonds is 9. The number of hydrogen-bond acceptors (Lipinski definition) is 8. The highest BCUT2D eigenvalue weighted by molar-refractivity contribution is 6.35. The SMILES string of the molecule is Cn1c(N2CCN(CCCOc3ccc([N+](=O)[O-])cc3C(=O)c3ccccc3Cl)CC2)cc(=O)n(C)c1=O. The van der Waals surface area contributed by atoms with Crippen molar-refractivity contribution >= 4 is 28.9 Å². The Kier molecular flexibility index (Phi) is 8.28. The van der Waals surface area contributed by atoms with Crippen LogP contribution in [0.3, 0.4) is 0 Å². The van der Waals surface area contributed by atoms with E-state index in [1.165, 1.54) is 35.9 Å². The first kappa shape index (κ1) is 27.1. The summed E-state index contributed by atoms with van der Waals surface area (Å²) in [6.45, 7) is 3.88. The van der Waals surface area contributed by atoms with E-state index >= 15 is 0 Å². The van der Waals surface area contributed by atoms with Crippen LogP contribution in [-0.2, 0) is 14.1 Å². The Morgan fingerprint density at radius 3 is 2.39 bits per heavy atom. The van der Waals surface area contributed by atoms with Crippen LogP contribution in [-0.4, -0.2) is 64.1 Å². The first-order valence-electron chi connectivity index (χ1n) is 12.1. The minimum atomic E-state index is -0.558. The Hall–Kier alpha value is -3.96. The average molecular weight is 542 g/mol. The maximum Gasteiger partial charge on any atom is 0.332 e. The van der Waals surface area contributed by atoms with Crippen LogP contribution < -0.4 is 20.9 Å². The summed E-state index contributed by atoms with van der Waals surface area (Å²) in [5, 5.41) is 11.5. The fraction of sp³-hybridized carbons (Fsp3) is 0.346. The lowest BCUT2D eigenvalue weighted by Crippen LogP contribution is -2.49. The normalized spacial score (nSPS) is 13.9. The summed E-state index contributed by atoms with van der Waals surface area (Å²) in [4.78, 5) is 52.5. The van der Waals surface area contributed by atoms with Crippen molar-refractivity contribution in [3.8, 4) is 5.75 Å². The average Bonchev–Trinajstić information content (AvgIpc) is 2.92. The number of non-ortho nitro benzene ring substituents is 1. The van der Waals surface area contributed by atoms with Crippen LogP contribution in [0.1, 0.15) is 22.3 Å². The van der Waals surface area contributed by atoms with E-state index in [-0.39, 0.29) is 38.8 Å². The van der Waals surface area contributed by atoms with Gasteiger partial charge in [0.2, 0.25) is 0 Å². The van der Waals surface area contributed by atoms with E-state index in [1.807, 2.05) is 4.90 Å². The fourth-order valence-corrected chi connectivity index (χ4v) is 4.64. The highest BCUT2D eigenvalue weighted by Gasteiger charge is 2.22. The molecule has 0 spiro atoms. The van der Waals surface area contributed by atoms with Crippen molar-refractivity contribution in [3.05, 3.63) is 95.6 Å². The monoisotopic (exact) mass is 541 g/mol. The third-order valence-electron chi connectivity index (χ3n) is 6.61. The zero-order valence-corrected chi connectivity index (χ0v) is 21.9. The molecule has 12 heteroatoms. The van der Waals surface area contributed by atoms with Crippen molar-refractivity contribution in [2.45, 2.75) is 6.42 Å². The summed E-state index contributed by atoms with van der Waals surface area (Å²) in [7, 11) is 3.12. The first-order valence-corrected chi connectivity index (χ1v) is 12.5. The number of anilines is 1. The number of carbonyl (C=O) groups excluding carboxylic acids is 1. The molecule has 0 aliphatic carbocycles. The van der Waals surface area contributed by atoms with Gasteiger partial charge in [-0.2, -0.15) is 0 Å². The molecular formula is C26H28ClN5O6. The van der Waals surface area contributed by atoms with Gasteiger partial charge in [-0.15, -0.1) is 0 Å². The van der Waals surface area contributed by atoms with Gasteiger partial charge in [-0.05, 0) is 24.6 Å². The van der Waals surface area contributed by atoms with Gasteiger partial charge in [0.15, 0.2) is 5.78 Å². The molecule has 1 aromatic heterocycles. The second-order valence-electron chi connectivity index (χ2n) is 9.02. The van der Waals surface area contributed by atoms with Crippen molar-refractivity contribution in [1.82, 2.24) is 14.0 Å². The molecule has 3 aromatic rings. The van der Waals surface area contributed by atoms with Gasteiger partial charge in [0.05, 0.1) is 22.1 Å². The lowest BCUT2D eigenvalue weighted by atomic mass is 10.0. The summed E-state index contributed by atoms with van der Waals surface area (Å²) >= 11 is 6.18. The predicted octanol–water partition coefficient (Wildman–Crippen LogP) is 2.47. The predicted molar refractivity (Wildman–Crippen MR) is 144 cm³/mol. The van der Waals surface area contributed by atoms with Gasteiger partial charge in [0.25, 0.3) is 11.2 Å². The second-order valence-corrected chi connectivity index (χ2v) is 9.43. The van der Waals surface area contributed by atoms with Crippen LogP contribution in [0, 0.1) is 10.1 Å². The highest BCUT2D eigenvalue weighted by Crippen LogP contribution is 2.29. The van der Waals surface area contributed by atoms with Crippen LogP contribution >= 0.6 is 11.6 Å². The Labute approximate surface area is 223 Å². The number of piperazine rings is 1. The Balaban J connectivity index is 1.35. The standard InChI is InChI=1S/C26H28ClN5O6/c1-28-23(17-24(33)29(2)26(28)35)31-13-11-30(12-14-31)10-5-15-38-22-9-8-18(32(36)37)16-20(22)25(34)19-6-3-4-7-21(19)27/h3-4,6-9,16-17H,5,10-15H2,1-2H3. The third kappa shape index (κ3) is 5.79. The maximum absolute atomic E-state index is 13.1. The number of benzene rings is 2. The molecular weight excluding hydrogens is 514 g/mol. The fourth-order valence-electron chi connectivity index (χ4n) is 4.42. The van der Waals surface area contributed by atoms with Gasteiger partial charge >= 0.3 is 5.69 Å². The maximum atomic E-state index is 13.1. The Morgan fingerprint density at radius 1 is 1.00 bits per heavy atom. The van der Waals surface area contributed by atoms with Crippen molar-refractivity contribution in [3.63, 3.8) is 0 Å². The smallest absolute Gasteiger partial charge is 0.332 e. The number of nitrogens with zero attached hydrogens (tertiary/aromatic N) is 5. The van der Waals surface area contributed by atoms with Crippen LogP contribution in [0.2, 0.25) is 5.02 Å². The summed E-state index contributed by atoms with van der Waals surface area (Å²) in [5.41, 5.74) is -0.571. The quantitative estimate of drug-likeness (QED) is 0.175. The van der Waals surface area contributed by atoms with Gasteiger partial charge in [-0.25, -0.2) is 4.79 Å². The number of halogens is 1. The molecule has 11 nitrogen and oxygen atoms in total. The molecule has 0 amide bonds. The third-order valence-corrected chi connectivity index (χ3v) is 6.94. The summed E-state index contributed by atoms with van der Waals surface area (Å²) in [6, 6.07) is 12.0.